The summed E-state index contributed by atoms with van der Waals surface area (Å²) in [5, 5.41) is 9.04. The molecule has 0 radical (unpaired) electrons. The lowest BCUT2D eigenvalue weighted by molar-refractivity contribution is -0.152. The number of allylic oxidation sites excluding steroid dienone is 1. The van der Waals surface area contributed by atoms with Crippen molar-refractivity contribution in [2.24, 2.45) is 0 Å². The molecule has 0 bridgehead atoms. The van der Waals surface area contributed by atoms with Crippen LogP contribution in [0.4, 0.5) is 0 Å². The van der Waals surface area contributed by atoms with Crippen molar-refractivity contribution >= 4 is 11.5 Å². The summed E-state index contributed by atoms with van der Waals surface area (Å²) in [6.07, 6.45) is 2.13. The Morgan fingerprint density at radius 3 is 2.72 bits per heavy atom. The number of carbonyl (C=O) groups excluding carboxylic acids is 1. The van der Waals surface area contributed by atoms with Crippen LogP contribution in [0, 0.1) is 11.3 Å². The van der Waals surface area contributed by atoms with Gasteiger partial charge in [-0.2, -0.15) is 5.26 Å². The van der Waals surface area contributed by atoms with Gasteiger partial charge >= 0.3 is 5.97 Å². The highest BCUT2D eigenvalue weighted by Crippen LogP contribution is 2.17. The van der Waals surface area contributed by atoms with Gasteiger partial charge in [-0.3, -0.25) is 0 Å². The summed E-state index contributed by atoms with van der Waals surface area (Å²) in [6, 6.07) is 11.2. The van der Waals surface area contributed by atoms with Gasteiger partial charge in [-0.15, -0.1) is 0 Å². The van der Waals surface area contributed by atoms with E-state index in [0.29, 0.717) is 11.1 Å². The van der Waals surface area contributed by atoms with Gasteiger partial charge in [0.1, 0.15) is 12.3 Å². The van der Waals surface area contributed by atoms with Gasteiger partial charge in [-0.05, 0) is 12.5 Å². The summed E-state index contributed by atoms with van der Waals surface area (Å²) in [5.41, 5.74) is 1.64. The third kappa shape index (κ3) is 2.58. The Morgan fingerprint density at radius 1 is 1.44 bits per heavy atom. The van der Waals surface area contributed by atoms with E-state index in [1.165, 1.54) is 6.26 Å². The van der Waals surface area contributed by atoms with Crippen LogP contribution in [0.3, 0.4) is 0 Å². The molecule has 18 heavy (non-hydrogen) atoms. The van der Waals surface area contributed by atoms with E-state index in [1.807, 2.05) is 24.3 Å². The fourth-order valence-corrected chi connectivity index (χ4v) is 1.48. The van der Waals surface area contributed by atoms with Crippen LogP contribution in [0.15, 0.2) is 48.2 Å². The number of carbonyl (C=O) groups is 1. The van der Waals surface area contributed by atoms with Crippen LogP contribution in [0.2, 0.25) is 0 Å². The number of ether oxygens (including phenoxy) is 2. The number of cyclic esters (lactones) is 1. The van der Waals surface area contributed by atoms with Gasteiger partial charge < -0.3 is 9.47 Å². The number of rotatable bonds is 3. The zero-order chi connectivity index (χ0) is 13.0. The average Bonchev–Trinajstić information content (AvgIpc) is 2.71. The highest BCUT2D eigenvalue weighted by atomic mass is 16.7. The molecule has 0 spiro atoms. The fraction of sp³-hybridized carbons (Fsp3) is 0.143. The van der Waals surface area contributed by atoms with Gasteiger partial charge in [0.15, 0.2) is 0 Å². The Bertz CT molecular complexity index is 552. The van der Waals surface area contributed by atoms with Crippen LogP contribution in [0.1, 0.15) is 12.5 Å². The molecule has 1 aromatic carbocycles. The molecule has 0 saturated heterocycles. The molecule has 0 aliphatic carbocycles. The molecule has 1 aliphatic rings. The van der Waals surface area contributed by atoms with Gasteiger partial charge in [0, 0.05) is 11.6 Å². The topological polar surface area (TPSA) is 59.3 Å². The second-order valence-corrected chi connectivity index (χ2v) is 3.77. The third-order valence-electron chi connectivity index (χ3n) is 2.46. The van der Waals surface area contributed by atoms with Crippen LogP contribution >= 0.6 is 0 Å². The summed E-state index contributed by atoms with van der Waals surface area (Å²) >= 11 is 0. The van der Waals surface area contributed by atoms with Crippen molar-refractivity contribution in [3.63, 3.8) is 0 Å². The number of hydrogen-bond donors (Lipinski definition) is 0. The molecule has 0 amide bonds. The van der Waals surface area contributed by atoms with Crippen molar-refractivity contribution < 1.29 is 14.3 Å². The quantitative estimate of drug-likeness (QED) is 0.463. The third-order valence-corrected chi connectivity index (χ3v) is 2.46. The molecule has 0 saturated carbocycles. The molecule has 4 heteroatoms. The van der Waals surface area contributed by atoms with E-state index in [0.717, 1.165) is 5.56 Å². The highest BCUT2D eigenvalue weighted by molar-refractivity contribution is 5.90. The maximum atomic E-state index is 11.1. The van der Waals surface area contributed by atoms with Crippen molar-refractivity contribution in [1.82, 2.24) is 0 Å². The van der Waals surface area contributed by atoms with Gasteiger partial charge in [0.25, 0.3) is 6.29 Å². The molecule has 1 atom stereocenters. The molecule has 1 heterocycles. The average molecular weight is 241 g/mol. The Balaban J connectivity index is 2.09. The molecule has 1 aliphatic heterocycles. The first kappa shape index (κ1) is 11.9. The molecular weight excluding hydrogens is 230 g/mol. The van der Waals surface area contributed by atoms with E-state index in [-0.39, 0.29) is 0 Å². The van der Waals surface area contributed by atoms with Crippen LogP contribution < -0.4 is 0 Å². The number of nitriles is 1. The van der Waals surface area contributed by atoms with E-state index in [1.54, 1.807) is 25.1 Å². The van der Waals surface area contributed by atoms with Gasteiger partial charge in [-0.25, -0.2) is 4.79 Å². The number of hydrogen-bond acceptors (Lipinski definition) is 4. The van der Waals surface area contributed by atoms with E-state index in [9.17, 15) is 4.79 Å². The molecular formula is C14H11NO3. The minimum absolute atomic E-state index is 0.379. The maximum Gasteiger partial charge on any atom is 0.336 e. The molecule has 0 N–H and O–H groups in total. The lowest BCUT2D eigenvalue weighted by atomic mass is 10.1. The summed E-state index contributed by atoms with van der Waals surface area (Å²) in [7, 11) is 0. The second-order valence-electron chi connectivity index (χ2n) is 3.77. The van der Waals surface area contributed by atoms with E-state index < -0.39 is 12.3 Å². The molecule has 1 unspecified atom stereocenters. The normalized spacial score (nSPS) is 18.9. The first-order valence-electron chi connectivity index (χ1n) is 5.41. The van der Waals surface area contributed by atoms with Gasteiger partial charge in [0.05, 0.1) is 5.57 Å². The summed E-state index contributed by atoms with van der Waals surface area (Å²) < 4.78 is 10.1. The predicted molar refractivity (Wildman–Crippen MR) is 64.8 cm³/mol. The number of esters is 1. The molecule has 4 nitrogen and oxygen atoms in total. The lowest BCUT2D eigenvalue weighted by Gasteiger charge is -2.07. The number of nitrogens with zero attached hydrogens (tertiary/aromatic N) is 1. The standard InChI is InChI=1S/C14H11NO3/c1-10-7-13(18-14(10)16)17-9-12(8-15)11-5-3-2-4-6-11/h2-7,9,13H,1H3/b12-9+. The molecule has 0 fully saturated rings. The Kier molecular flexibility index (Phi) is 3.44. The SMILES string of the molecule is CC1=CC(O/C=C(\C#N)c2ccccc2)OC1=O. The van der Waals surface area contributed by atoms with Crippen LogP contribution in [-0.2, 0) is 14.3 Å². The summed E-state index contributed by atoms with van der Waals surface area (Å²) in [5.74, 6) is -0.397. The van der Waals surface area contributed by atoms with Crippen molar-refractivity contribution in [2.45, 2.75) is 13.2 Å². The Hall–Kier alpha value is -2.54. The summed E-state index contributed by atoms with van der Waals surface area (Å²) in [4.78, 5) is 11.1. The van der Waals surface area contributed by atoms with Crippen molar-refractivity contribution in [2.75, 3.05) is 0 Å². The molecule has 1 aromatic rings. The second kappa shape index (κ2) is 5.19. The van der Waals surface area contributed by atoms with Crippen molar-refractivity contribution in [3.05, 3.63) is 53.8 Å². The van der Waals surface area contributed by atoms with Gasteiger partial charge in [0.2, 0.25) is 0 Å². The predicted octanol–water partition coefficient (Wildman–Crippen LogP) is 2.40. The monoisotopic (exact) mass is 241 g/mol. The van der Waals surface area contributed by atoms with E-state index >= 15 is 0 Å². The largest absolute Gasteiger partial charge is 0.457 e. The number of benzene rings is 1. The fourth-order valence-electron chi connectivity index (χ4n) is 1.48. The minimum atomic E-state index is -0.746. The zero-order valence-corrected chi connectivity index (χ0v) is 9.79. The van der Waals surface area contributed by atoms with Crippen molar-refractivity contribution in [3.8, 4) is 6.07 Å². The van der Waals surface area contributed by atoms with Crippen LogP contribution in [-0.4, -0.2) is 12.3 Å². The molecule has 0 aromatic heterocycles. The molecule has 2 rings (SSSR count). The molecule has 90 valence electrons. The maximum absolute atomic E-state index is 11.1. The first-order valence-corrected chi connectivity index (χ1v) is 5.41. The van der Waals surface area contributed by atoms with Crippen LogP contribution in [0.25, 0.3) is 5.57 Å². The zero-order valence-electron chi connectivity index (χ0n) is 9.79. The smallest absolute Gasteiger partial charge is 0.336 e. The first-order chi connectivity index (χ1) is 8.70. The van der Waals surface area contributed by atoms with Gasteiger partial charge in [-0.1, -0.05) is 30.3 Å². The van der Waals surface area contributed by atoms with Crippen LogP contribution in [0.5, 0.6) is 0 Å². The van der Waals surface area contributed by atoms with Crippen molar-refractivity contribution in [1.29, 1.82) is 5.26 Å². The van der Waals surface area contributed by atoms with E-state index in [4.69, 9.17) is 14.7 Å². The Morgan fingerprint density at radius 2 is 2.17 bits per heavy atom. The van der Waals surface area contributed by atoms with E-state index in [2.05, 4.69) is 0 Å². The minimum Gasteiger partial charge on any atom is -0.457 e. The highest BCUT2D eigenvalue weighted by Gasteiger charge is 2.22. The Labute approximate surface area is 105 Å². The summed E-state index contributed by atoms with van der Waals surface area (Å²) in [6.45, 7) is 1.65. The lowest BCUT2D eigenvalue weighted by Crippen LogP contribution is -2.09.